The zero-order valence-corrected chi connectivity index (χ0v) is 14.0. The van der Waals surface area contributed by atoms with Crippen molar-refractivity contribution in [3.05, 3.63) is 18.0 Å². The molecule has 0 saturated heterocycles. The molecule has 0 bridgehead atoms. The summed E-state index contributed by atoms with van der Waals surface area (Å²) in [4.78, 5) is 3.35. The van der Waals surface area contributed by atoms with Crippen molar-refractivity contribution in [2.45, 2.75) is 45.6 Å². The van der Waals surface area contributed by atoms with E-state index in [1.807, 2.05) is 20.8 Å². The van der Waals surface area contributed by atoms with Crippen LogP contribution >= 0.6 is 0 Å². The largest absolute Gasteiger partial charge is 0.363 e. The topological polar surface area (TPSA) is 65.2 Å². The van der Waals surface area contributed by atoms with Gasteiger partial charge in [-0.05, 0) is 24.4 Å². The van der Waals surface area contributed by atoms with Gasteiger partial charge in [0.25, 0.3) is 0 Å². The van der Waals surface area contributed by atoms with Gasteiger partial charge in [-0.25, -0.2) is 12.7 Å². The summed E-state index contributed by atoms with van der Waals surface area (Å²) in [6.07, 6.45) is 2.62. The lowest BCUT2D eigenvalue weighted by atomic mass is 9.97. The van der Waals surface area contributed by atoms with E-state index in [9.17, 15) is 8.42 Å². The van der Waals surface area contributed by atoms with Gasteiger partial charge in [0.05, 0.1) is 4.90 Å². The molecule has 1 aromatic heterocycles. The summed E-state index contributed by atoms with van der Waals surface area (Å²) >= 11 is 0. The number of hydrogen-bond acceptors (Lipinski definition) is 3. The lowest BCUT2D eigenvalue weighted by Crippen LogP contribution is -2.34. The molecule has 0 saturated carbocycles. The van der Waals surface area contributed by atoms with Gasteiger partial charge in [0.15, 0.2) is 0 Å². The summed E-state index contributed by atoms with van der Waals surface area (Å²) in [5.41, 5.74) is 0.824. The highest BCUT2D eigenvalue weighted by atomic mass is 32.2. The second-order valence-corrected chi connectivity index (χ2v) is 8.40. The van der Waals surface area contributed by atoms with E-state index >= 15 is 0 Å². The third-order valence-electron chi connectivity index (χ3n) is 2.86. The number of sulfonamides is 1. The highest BCUT2D eigenvalue weighted by molar-refractivity contribution is 7.89. The van der Waals surface area contributed by atoms with Crippen molar-refractivity contribution in [1.29, 1.82) is 0 Å². The molecule has 20 heavy (non-hydrogen) atoms. The van der Waals surface area contributed by atoms with Gasteiger partial charge < -0.3 is 10.3 Å². The van der Waals surface area contributed by atoms with Gasteiger partial charge in [-0.1, -0.05) is 27.7 Å². The fourth-order valence-electron chi connectivity index (χ4n) is 2.00. The number of nitrogens with zero attached hydrogens (tertiary/aromatic N) is 1. The Hall–Kier alpha value is -0.850. The van der Waals surface area contributed by atoms with Crippen LogP contribution < -0.4 is 5.32 Å². The Morgan fingerprint density at radius 3 is 2.55 bits per heavy atom. The molecule has 2 N–H and O–H groups in total. The molecule has 0 aliphatic heterocycles. The average Bonchev–Trinajstić information content (AvgIpc) is 2.76. The molecule has 1 heterocycles. The number of H-pyrrole nitrogens is 1. The second-order valence-electron chi connectivity index (χ2n) is 6.36. The Morgan fingerprint density at radius 2 is 2.00 bits per heavy atom. The van der Waals surface area contributed by atoms with E-state index in [-0.39, 0.29) is 5.41 Å². The highest BCUT2D eigenvalue weighted by Gasteiger charge is 2.26. The van der Waals surface area contributed by atoms with Crippen molar-refractivity contribution < 1.29 is 8.42 Å². The fraction of sp³-hybridized carbons (Fsp3) is 0.714. The molecule has 5 nitrogen and oxygen atoms in total. The Bertz CT molecular complexity index is 515. The van der Waals surface area contributed by atoms with Crippen molar-refractivity contribution in [2.75, 3.05) is 20.1 Å². The maximum atomic E-state index is 12.4. The minimum absolute atomic E-state index is 0.0658. The predicted molar refractivity (Wildman–Crippen MR) is 82.1 cm³/mol. The quantitative estimate of drug-likeness (QED) is 0.759. The van der Waals surface area contributed by atoms with Crippen molar-refractivity contribution in [2.24, 2.45) is 5.41 Å². The van der Waals surface area contributed by atoms with Crippen LogP contribution in [-0.2, 0) is 16.6 Å². The molecule has 0 amide bonds. The second kappa shape index (κ2) is 6.74. The first-order valence-electron chi connectivity index (χ1n) is 7.01. The highest BCUT2D eigenvalue weighted by Crippen LogP contribution is 2.21. The summed E-state index contributed by atoms with van der Waals surface area (Å²) in [6, 6.07) is 1.71. The van der Waals surface area contributed by atoms with Crippen LogP contribution in [0, 0.1) is 5.41 Å². The SMILES string of the molecule is CCCNCc1cc(S(=O)(=O)N(C)CC(C)(C)C)c[nH]1. The molecular formula is C14H27N3O2S. The molecule has 1 rings (SSSR count). The van der Waals surface area contributed by atoms with Gasteiger partial charge in [0, 0.05) is 32.0 Å². The number of nitrogens with one attached hydrogen (secondary N) is 2. The number of rotatable bonds is 7. The van der Waals surface area contributed by atoms with Crippen molar-refractivity contribution in [3.63, 3.8) is 0 Å². The maximum Gasteiger partial charge on any atom is 0.244 e. The predicted octanol–water partition coefficient (Wildman–Crippen LogP) is 2.18. The molecule has 0 aliphatic rings. The van der Waals surface area contributed by atoms with Crippen LogP contribution in [0.25, 0.3) is 0 Å². The van der Waals surface area contributed by atoms with Gasteiger partial charge in [0.1, 0.15) is 0 Å². The molecular weight excluding hydrogens is 274 g/mol. The van der Waals surface area contributed by atoms with E-state index in [2.05, 4.69) is 17.2 Å². The lowest BCUT2D eigenvalue weighted by Gasteiger charge is -2.25. The normalized spacial score (nSPS) is 13.1. The first kappa shape index (κ1) is 17.2. The van der Waals surface area contributed by atoms with Crippen LogP contribution in [-0.4, -0.2) is 37.8 Å². The summed E-state index contributed by atoms with van der Waals surface area (Å²) in [6.45, 7) is 10.2. The minimum atomic E-state index is -3.41. The van der Waals surface area contributed by atoms with Crippen LogP contribution in [0.15, 0.2) is 17.2 Å². The van der Waals surface area contributed by atoms with E-state index in [0.717, 1.165) is 18.7 Å². The fourth-order valence-corrected chi connectivity index (χ4v) is 3.42. The molecule has 0 aliphatic carbocycles. The Kier molecular flexibility index (Phi) is 5.79. The summed E-state index contributed by atoms with van der Waals surface area (Å²) in [5.74, 6) is 0. The summed E-state index contributed by atoms with van der Waals surface area (Å²) < 4.78 is 26.3. The first-order valence-corrected chi connectivity index (χ1v) is 8.45. The molecule has 0 aromatic carbocycles. The van der Waals surface area contributed by atoms with Gasteiger partial charge in [-0.2, -0.15) is 0 Å². The zero-order valence-electron chi connectivity index (χ0n) is 13.2. The van der Waals surface area contributed by atoms with E-state index in [0.29, 0.717) is 18.0 Å². The van der Waals surface area contributed by atoms with Gasteiger partial charge in [0.2, 0.25) is 10.0 Å². The lowest BCUT2D eigenvalue weighted by molar-refractivity contribution is 0.311. The number of aromatic amines is 1. The zero-order chi connectivity index (χ0) is 15.4. The van der Waals surface area contributed by atoms with Crippen LogP contribution in [0.2, 0.25) is 0 Å². The van der Waals surface area contributed by atoms with Crippen LogP contribution in [0.4, 0.5) is 0 Å². The van der Waals surface area contributed by atoms with Gasteiger partial charge in [-0.3, -0.25) is 0 Å². The minimum Gasteiger partial charge on any atom is -0.363 e. The first-order chi connectivity index (χ1) is 9.16. The molecule has 6 heteroatoms. The van der Waals surface area contributed by atoms with Gasteiger partial charge >= 0.3 is 0 Å². The molecule has 1 aromatic rings. The van der Waals surface area contributed by atoms with Crippen LogP contribution in [0.1, 0.15) is 39.8 Å². The van der Waals surface area contributed by atoms with E-state index in [1.54, 1.807) is 19.3 Å². The summed E-state index contributed by atoms with van der Waals surface area (Å²) in [5, 5.41) is 3.24. The molecule has 0 spiro atoms. The van der Waals surface area contributed by atoms with Gasteiger partial charge in [-0.15, -0.1) is 0 Å². The maximum absolute atomic E-state index is 12.4. The Balaban J connectivity index is 2.77. The average molecular weight is 301 g/mol. The Morgan fingerprint density at radius 1 is 1.35 bits per heavy atom. The smallest absolute Gasteiger partial charge is 0.244 e. The van der Waals surface area contributed by atoms with Crippen molar-refractivity contribution in [1.82, 2.24) is 14.6 Å². The molecule has 116 valence electrons. The van der Waals surface area contributed by atoms with E-state index in [1.165, 1.54) is 4.31 Å². The number of hydrogen-bond donors (Lipinski definition) is 2. The summed E-state index contributed by atoms with van der Waals surface area (Å²) in [7, 11) is -1.78. The Labute approximate surface area is 122 Å². The molecule has 0 radical (unpaired) electrons. The van der Waals surface area contributed by atoms with Crippen LogP contribution in [0.5, 0.6) is 0 Å². The molecule has 0 fully saturated rings. The van der Waals surface area contributed by atoms with Crippen molar-refractivity contribution in [3.8, 4) is 0 Å². The van der Waals surface area contributed by atoms with E-state index in [4.69, 9.17) is 0 Å². The van der Waals surface area contributed by atoms with Crippen molar-refractivity contribution >= 4 is 10.0 Å². The molecule has 0 unspecified atom stereocenters. The van der Waals surface area contributed by atoms with E-state index < -0.39 is 10.0 Å². The monoisotopic (exact) mass is 301 g/mol. The standard InChI is InChI=1S/C14H27N3O2S/c1-6-7-15-9-12-8-13(10-16-12)20(18,19)17(5)11-14(2,3)4/h8,10,15-16H,6-7,9,11H2,1-5H3. The van der Waals surface area contributed by atoms with Crippen LogP contribution in [0.3, 0.4) is 0 Å². The third-order valence-corrected chi connectivity index (χ3v) is 4.64. The molecule has 0 atom stereocenters. The third kappa shape index (κ3) is 4.92. The number of aromatic nitrogens is 1.